The summed E-state index contributed by atoms with van der Waals surface area (Å²) in [6.07, 6.45) is 3.19. The lowest BCUT2D eigenvalue weighted by atomic mass is 10.1. The van der Waals surface area contributed by atoms with Crippen LogP contribution in [-0.4, -0.2) is 33.0 Å². The Morgan fingerprint density at radius 3 is 2.40 bits per heavy atom. The van der Waals surface area contributed by atoms with Crippen molar-refractivity contribution in [2.24, 2.45) is 0 Å². The molecule has 6 nitrogen and oxygen atoms in total. The summed E-state index contributed by atoms with van der Waals surface area (Å²) >= 11 is 5.87. The maximum atomic E-state index is 13.3. The number of hydrogen-bond donors (Lipinski definition) is 1. The van der Waals surface area contributed by atoms with E-state index in [0.717, 1.165) is 5.56 Å². The fraction of sp³-hybridized carbons (Fsp3) is 0.182. The van der Waals surface area contributed by atoms with E-state index in [4.69, 9.17) is 16.3 Å². The minimum atomic E-state index is -3.78. The van der Waals surface area contributed by atoms with Gasteiger partial charge in [-0.05, 0) is 53.6 Å². The lowest BCUT2D eigenvalue weighted by molar-refractivity contribution is -0.120. The molecule has 30 heavy (non-hydrogen) atoms. The standard InChI is InChI=1S/C22H21ClN2O4S/c1-29-19-8-10-20(11-9-19)30(27,28)21(17-3-2-12-24-14-17)15-25-22(26)13-16-4-6-18(23)7-5-16/h2-12,14,21H,13,15H2,1H3,(H,25,26). The van der Waals surface area contributed by atoms with Gasteiger partial charge in [-0.25, -0.2) is 8.42 Å². The van der Waals surface area contributed by atoms with Crippen LogP contribution in [0.15, 0.2) is 78.0 Å². The molecule has 1 amide bonds. The first kappa shape index (κ1) is 21.8. The monoisotopic (exact) mass is 444 g/mol. The third kappa shape index (κ3) is 5.37. The predicted octanol–water partition coefficient (Wildman–Crippen LogP) is 3.62. The van der Waals surface area contributed by atoms with E-state index in [0.29, 0.717) is 16.3 Å². The third-order valence-electron chi connectivity index (χ3n) is 4.58. The molecule has 0 radical (unpaired) electrons. The van der Waals surface area contributed by atoms with E-state index < -0.39 is 15.1 Å². The van der Waals surface area contributed by atoms with Crippen LogP contribution in [0.3, 0.4) is 0 Å². The Morgan fingerprint density at radius 2 is 1.80 bits per heavy atom. The first-order chi connectivity index (χ1) is 14.4. The molecule has 0 aliphatic heterocycles. The maximum Gasteiger partial charge on any atom is 0.224 e. The minimum absolute atomic E-state index is 0.0769. The molecule has 0 spiro atoms. The van der Waals surface area contributed by atoms with Crippen LogP contribution < -0.4 is 10.1 Å². The first-order valence-electron chi connectivity index (χ1n) is 9.19. The molecule has 1 atom stereocenters. The quantitative estimate of drug-likeness (QED) is 0.573. The van der Waals surface area contributed by atoms with Crippen molar-refractivity contribution in [1.82, 2.24) is 10.3 Å². The van der Waals surface area contributed by atoms with Crippen LogP contribution in [0.5, 0.6) is 5.75 Å². The summed E-state index contributed by atoms with van der Waals surface area (Å²) in [5.41, 5.74) is 1.29. The highest BCUT2D eigenvalue weighted by molar-refractivity contribution is 7.91. The second-order valence-corrected chi connectivity index (χ2v) is 9.17. The molecule has 2 aromatic carbocycles. The van der Waals surface area contributed by atoms with Crippen LogP contribution in [-0.2, 0) is 21.1 Å². The molecule has 0 aliphatic rings. The number of pyridine rings is 1. The second kappa shape index (κ2) is 9.73. The number of carbonyl (C=O) groups excluding carboxylic acids is 1. The predicted molar refractivity (Wildman–Crippen MR) is 115 cm³/mol. The normalized spacial score (nSPS) is 12.2. The van der Waals surface area contributed by atoms with Crippen molar-refractivity contribution in [3.05, 3.63) is 89.2 Å². The van der Waals surface area contributed by atoms with E-state index >= 15 is 0 Å². The molecular weight excluding hydrogens is 424 g/mol. The number of carbonyl (C=O) groups is 1. The number of halogens is 1. The molecule has 156 valence electrons. The van der Waals surface area contributed by atoms with E-state index in [2.05, 4.69) is 10.3 Å². The molecule has 8 heteroatoms. The zero-order chi connectivity index (χ0) is 21.6. The molecule has 0 aliphatic carbocycles. The van der Waals surface area contributed by atoms with Gasteiger partial charge in [-0.2, -0.15) is 0 Å². The number of methoxy groups -OCH3 is 1. The molecule has 1 unspecified atom stereocenters. The lowest BCUT2D eigenvalue weighted by Gasteiger charge is -2.19. The highest BCUT2D eigenvalue weighted by Crippen LogP contribution is 2.29. The number of aromatic nitrogens is 1. The number of nitrogens with zero attached hydrogens (tertiary/aromatic N) is 1. The molecule has 3 rings (SSSR count). The van der Waals surface area contributed by atoms with Crippen LogP contribution in [0.25, 0.3) is 0 Å². The van der Waals surface area contributed by atoms with Gasteiger partial charge in [0.25, 0.3) is 0 Å². The number of hydrogen-bond acceptors (Lipinski definition) is 5. The van der Waals surface area contributed by atoms with Crippen molar-refractivity contribution in [1.29, 1.82) is 0 Å². The van der Waals surface area contributed by atoms with E-state index in [1.54, 1.807) is 54.7 Å². The largest absolute Gasteiger partial charge is 0.497 e. The summed E-state index contributed by atoms with van der Waals surface area (Å²) < 4.78 is 31.7. The van der Waals surface area contributed by atoms with E-state index in [1.165, 1.54) is 25.4 Å². The fourth-order valence-electron chi connectivity index (χ4n) is 2.96. The Balaban J connectivity index is 1.80. The molecular formula is C22H21ClN2O4S. The van der Waals surface area contributed by atoms with Crippen molar-refractivity contribution in [3.63, 3.8) is 0 Å². The van der Waals surface area contributed by atoms with Crippen LogP contribution in [0.2, 0.25) is 5.02 Å². The molecule has 0 saturated heterocycles. The van der Waals surface area contributed by atoms with Crippen molar-refractivity contribution in [2.75, 3.05) is 13.7 Å². The van der Waals surface area contributed by atoms with Gasteiger partial charge in [-0.1, -0.05) is 29.8 Å². The summed E-state index contributed by atoms with van der Waals surface area (Å²) in [6, 6.07) is 16.4. The summed E-state index contributed by atoms with van der Waals surface area (Å²) in [5.74, 6) is 0.277. The van der Waals surface area contributed by atoms with E-state index in [1.807, 2.05) is 0 Å². The number of ether oxygens (including phenoxy) is 1. The lowest BCUT2D eigenvalue weighted by Crippen LogP contribution is -2.33. The zero-order valence-corrected chi connectivity index (χ0v) is 17.9. The second-order valence-electron chi connectivity index (χ2n) is 6.60. The summed E-state index contributed by atoms with van der Waals surface area (Å²) in [5, 5.41) is 2.35. The van der Waals surface area contributed by atoms with Crippen molar-refractivity contribution >= 4 is 27.3 Å². The number of sulfone groups is 1. The number of rotatable bonds is 8. The van der Waals surface area contributed by atoms with Gasteiger partial charge < -0.3 is 10.1 Å². The molecule has 3 aromatic rings. The molecule has 1 aromatic heterocycles. The van der Waals surface area contributed by atoms with Crippen molar-refractivity contribution in [2.45, 2.75) is 16.6 Å². The van der Waals surface area contributed by atoms with Crippen LogP contribution in [0, 0.1) is 0 Å². The number of nitrogens with one attached hydrogen (secondary N) is 1. The Labute approximate surface area is 180 Å². The summed E-state index contributed by atoms with van der Waals surface area (Å²) in [6.45, 7) is -0.0769. The van der Waals surface area contributed by atoms with Gasteiger partial charge in [0.2, 0.25) is 5.91 Å². The van der Waals surface area contributed by atoms with Crippen LogP contribution in [0.4, 0.5) is 0 Å². The van der Waals surface area contributed by atoms with Crippen LogP contribution >= 0.6 is 11.6 Å². The summed E-state index contributed by atoms with van der Waals surface area (Å²) in [4.78, 5) is 16.6. The van der Waals surface area contributed by atoms with E-state index in [9.17, 15) is 13.2 Å². The molecule has 1 heterocycles. The molecule has 0 fully saturated rings. The Hall–Kier alpha value is -2.90. The van der Waals surface area contributed by atoms with Crippen LogP contribution in [0.1, 0.15) is 16.4 Å². The smallest absolute Gasteiger partial charge is 0.224 e. The summed E-state index contributed by atoms with van der Waals surface area (Å²) in [7, 11) is -2.27. The molecule has 1 N–H and O–H groups in total. The highest BCUT2D eigenvalue weighted by Gasteiger charge is 2.30. The Kier molecular flexibility index (Phi) is 7.07. The van der Waals surface area contributed by atoms with Gasteiger partial charge in [0.1, 0.15) is 11.0 Å². The Morgan fingerprint density at radius 1 is 1.10 bits per heavy atom. The van der Waals surface area contributed by atoms with Gasteiger partial charge in [0.05, 0.1) is 18.4 Å². The maximum absolute atomic E-state index is 13.3. The highest BCUT2D eigenvalue weighted by atomic mass is 35.5. The topological polar surface area (TPSA) is 85.4 Å². The molecule has 0 saturated carbocycles. The van der Waals surface area contributed by atoms with Gasteiger partial charge >= 0.3 is 0 Å². The van der Waals surface area contributed by atoms with Gasteiger partial charge in [-0.15, -0.1) is 0 Å². The minimum Gasteiger partial charge on any atom is -0.497 e. The Bertz CT molecular complexity index is 1090. The van der Waals surface area contributed by atoms with Crippen molar-refractivity contribution in [3.8, 4) is 5.75 Å². The SMILES string of the molecule is COc1ccc(S(=O)(=O)C(CNC(=O)Cc2ccc(Cl)cc2)c2cccnc2)cc1. The van der Waals surface area contributed by atoms with Crippen molar-refractivity contribution < 1.29 is 17.9 Å². The van der Waals surface area contributed by atoms with Gasteiger partial charge in [0.15, 0.2) is 9.84 Å². The average Bonchev–Trinajstić information content (AvgIpc) is 2.76. The van der Waals surface area contributed by atoms with E-state index in [-0.39, 0.29) is 23.8 Å². The first-order valence-corrected chi connectivity index (χ1v) is 11.1. The fourth-order valence-corrected chi connectivity index (χ4v) is 4.73. The average molecular weight is 445 g/mol. The van der Waals surface area contributed by atoms with Gasteiger partial charge in [0, 0.05) is 24.0 Å². The number of amides is 1. The third-order valence-corrected chi connectivity index (χ3v) is 6.95. The zero-order valence-electron chi connectivity index (χ0n) is 16.3. The molecule has 0 bridgehead atoms. The number of benzene rings is 2. The van der Waals surface area contributed by atoms with Gasteiger partial charge in [-0.3, -0.25) is 9.78 Å².